The Morgan fingerprint density at radius 1 is 1.57 bits per heavy atom. The molecule has 0 aromatic heterocycles. The minimum atomic E-state index is 0.326. The van der Waals surface area contributed by atoms with E-state index < -0.39 is 0 Å². The molecule has 2 nitrogen and oxygen atoms in total. The zero-order valence-corrected chi connectivity index (χ0v) is 9.72. The van der Waals surface area contributed by atoms with Crippen LogP contribution >= 0.6 is 11.6 Å². The van der Waals surface area contributed by atoms with Gasteiger partial charge >= 0.3 is 0 Å². The van der Waals surface area contributed by atoms with Crippen LogP contribution < -0.4 is 0 Å². The average molecular weight is 218 g/mol. The molecule has 14 heavy (non-hydrogen) atoms. The van der Waals surface area contributed by atoms with Gasteiger partial charge in [0, 0.05) is 25.4 Å². The first-order valence-electron chi connectivity index (χ1n) is 5.61. The van der Waals surface area contributed by atoms with E-state index in [-0.39, 0.29) is 0 Å². The molecule has 0 aromatic rings. The van der Waals surface area contributed by atoms with Crippen LogP contribution in [0.3, 0.4) is 0 Å². The van der Waals surface area contributed by atoms with Gasteiger partial charge in [-0.15, -0.1) is 11.6 Å². The number of nitrogens with zero attached hydrogens (tertiary/aromatic N) is 1. The Morgan fingerprint density at radius 2 is 2.36 bits per heavy atom. The van der Waals surface area contributed by atoms with Gasteiger partial charge in [0.2, 0.25) is 5.91 Å². The predicted molar refractivity (Wildman–Crippen MR) is 59.5 cm³/mol. The highest BCUT2D eigenvalue weighted by Gasteiger charge is 2.22. The fourth-order valence-electron chi connectivity index (χ4n) is 2.05. The standard InChI is InChI=1S/C11H20ClNO/c1-2-4-11(14)13-8-3-5-10(9-13)6-7-12/h10H,2-9H2,1H3. The Hall–Kier alpha value is -0.240. The number of likely N-dealkylation sites (tertiary alicyclic amines) is 1. The van der Waals surface area contributed by atoms with Gasteiger partial charge in [0.15, 0.2) is 0 Å². The van der Waals surface area contributed by atoms with Crippen molar-refractivity contribution in [3.05, 3.63) is 0 Å². The van der Waals surface area contributed by atoms with Crippen molar-refractivity contribution in [2.24, 2.45) is 5.92 Å². The predicted octanol–water partition coefficient (Wildman–Crippen LogP) is 2.65. The van der Waals surface area contributed by atoms with Crippen molar-refractivity contribution < 1.29 is 4.79 Å². The number of hydrogen-bond acceptors (Lipinski definition) is 1. The molecule has 0 aliphatic carbocycles. The fraction of sp³-hybridized carbons (Fsp3) is 0.909. The van der Waals surface area contributed by atoms with Gasteiger partial charge in [0.05, 0.1) is 0 Å². The topological polar surface area (TPSA) is 20.3 Å². The van der Waals surface area contributed by atoms with Crippen LogP contribution in [-0.4, -0.2) is 29.8 Å². The van der Waals surface area contributed by atoms with Gasteiger partial charge in [-0.1, -0.05) is 6.92 Å². The van der Waals surface area contributed by atoms with Crippen molar-refractivity contribution in [1.82, 2.24) is 4.90 Å². The van der Waals surface area contributed by atoms with Crippen LogP contribution in [0.4, 0.5) is 0 Å². The summed E-state index contributed by atoms with van der Waals surface area (Å²) in [6, 6.07) is 0. The second-order valence-corrected chi connectivity index (χ2v) is 4.45. The molecule has 1 aliphatic rings. The number of piperidine rings is 1. The number of hydrogen-bond donors (Lipinski definition) is 0. The van der Waals surface area contributed by atoms with E-state index in [9.17, 15) is 4.79 Å². The van der Waals surface area contributed by atoms with Gasteiger partial charge in [0.25, 0.3) is 0 Å². The van der Waals surface area contributed by atoms with E-state index in [0.717, 1.165) is 38.2 Å². The second kappa shape index (κ2) is 6.28. The van der Waals surface area contributed by atoms with Gasteiger partial charge in [-0.25, -0.2) is 0 Å². The molecule has 0 bridgehead atoms. The maximum atomic E-state index is 11.6. The van der Waals surface area contributed by atoms with Crippen LogP contribution in [0.25, 0.3) is 0 Å². The zero-order valence-electron chi connectivity index (χ0n) is 8.97. The van der Waals surface area contributed by atoms with Gasteiger partial charge in [-0.3, -0.25) is 4.79 Å². The molecule has 0 N–H and O–H groups in total. The maximum absolute atomic E-state index is 11.6. The summed E-state index contributed by atoms with van der Waals surface area (Å²) in [5, 5.41) is 0. The molecule has 1 rings (SSSR count). The summed E-state index contributed by atoms with van der Waals surface area (Å²) in [7, 11) is 0. The minimum Gasteiger partial charge on any atom is -0.342 e. The average Bonchev–Trinajstić information content (AvgIpc) is 2.19. The Kier molecular flexibility index (Phi) is 5.31. The first-order valence-corrected chi connectivity index (χ1v) is 6.15. The van der Waals surface area contributed by atoms with Crippen molar-refractivity contribution in [1.29, 1.82) is 0 Å². The van der Waals surface area contributed by atoms with Crippen molar-refractivity contribution in [3.63, 3.8) is 0 Å². The summed E-state index contributed by atoms with van der Waals surface area (Å²) in [6.07, 6.45) is 5.10. The van der Waals surface area contributed by atoms with Crippen LogP contribution in [0.1, 0.15) is 39.0 Å². The summed E-state index contributed by atoms with van der Waals surface area (Å²) in [4.78, 5) is 13.7. The lowest BCUT2D eigenvalue weighted by atomic mass is 9.95. The first-order chi connectivity index (χ1) is 6.77. The van der Waals surface area contributed by atoms with Crippen molar-refractivity contribution in [3.8, 4) is 0 Å². The van der Waals surface area contributed by atoms with E-state index in [1.807, 2.05) is 4.90 Å². The Balaban J connectivity index is 2.35. The molecule has 1 heterocycles. The number of halogens is 1. The van der Waals surface area contributed by atoms with E-state index in [2.05, 4.69) is 6.92 Å². The van der Waals surface area contributed by atoms with E-state index in [0.29, 0.717) is 18.2 Å². The number of carbonyl (C=O) groups is 1. The number of alkyl halides is 1. The quantitative estimate of drug-likeness (QED) is 0.663. The number of carbonyl (C=O) groups excluding carboxylic acids is 1. The Labute approximate surface area is 91.6 Å². The lowest BCUT2D eigenvalue weighted by molar-refractivity contribution is -0.133. The molecule has 82 valence electrons. The monoisotopic (exact) mass is 217 g/mol. The summed E-state index contributed by atoms with van der Waals surface area (Å²) < 4.78 is 0. The lowest BCUT2D eigenvalue weighted by Gasteiger charge is -2.32. The van der Waals surface area contributed by atoms with Gasteiger partial charge in [-0.2, -0.15) is 0 Å². The Morgan fingerprint density at radius 3 is 3.00 bits per heavy atom. The number of rotatable bonds is 4. The molecular formula is C11H20ClNO. The van der Waals surface area contributed by atoms with Gasteiger partial charge < -0.3 is 4.90 Å². The molecule has 1 aliphatic heterocycles. The summed E-state index contributed by atoms with van der Waals surface area (Å²) >= 11 is 5.72. The highest BCUT2D eigenvalue weighted by molar-refractivity contribution is 6.17. The summed E-state index contributed by atoms with van der Waals surface area (Å²) in [6.45, 7) is 3.95. The van der Waals surface area contributed by atoms with E-state index in [1.165, 1.54) is 6.42 Å². The SMILES string of the molecule is CCCC(=O)N1CCCC(CCCl)C1. The fourth-order valence-corrected chi connectivity index (χ4v) is 2.36. The third-order valence-electron chi connectivity index (χ3n) is 2.85. The highest BCUT2D eigenvalue weighted by atomic mass is 35.5. The minimum absolute atomic E-state index is 0.326. The molecular weight excluding hydrogens is 198 g/mol. The molecule has 1 saturated heterocycles. The molecule has 1 atom stereocenters. The van der Waals surface area contributed by atoms with Crippen LogP contribution in [0.5, 0.6) is 0 Å². The van der Waals surface area contributed by atoms with Crippen LogP contribution in [0, 0.1) is 5.92 Å². The lowest BCUT2D eigenvalue weighted by Crippen LogP contribution is -2.39. The Bertz CT molecular complexity index is 182. The third-order valence-corrected chi connectivity index (χ3v) is 3.07. The third kappa shape index (κ3) is 3.49. The van der Waals surface area contributed by atoms with E-state index in [1.54, 1.807) is 0 Å². The largest absolute Gasteiger partial charge is 0.342 e. The van der Waals surface area contributed by atoms with E-state index in [4.69, 9.17) is 11.6 Å². The van der Waals surface area contributed by atoms with Crippen LogP contribution in [0.15, 0.2) is 0 Å². The van der Waals surface area contributed by atoms with Crippen molar-refractivity contribution >= 4 is 17.5 Å². The van der Waals surface area contributed by atoms with Crippen LogP contribution in [0.2, 0.25) is 0 Å². The highest BCUT2D eigenvalue weighted by Crippen LogP contribution is 2.20. The molecule has 0 aromatic carbocycles. The maximum Gasteiger partial charge on any atom is 0.222 e. The molecule has 1 unspecified atom stereocenters. The molecule has 1 fully saturated rings. The normalized spacial score (nSPS) is 22.4. The molecule has 0 radical (unpaired) electrons. The molecule has 0 spiro atoms. The van der Waals surface area contributed by atoms with Crippen molar-refractivity contribution in [2.75, 3.05) is 19.0 Å². The van der Waals surface area contributed by atoms with E-state index >= 15 is 0 Å². The van der Waals surface area contributed by atoms with Gasteiger partial charge in [-0.05, 0) is 31.6 Å². The smallest absolute Gasteiger partial charge is 0.222 e. The molecule has 0 saturated carbocycles. The van der Waals surface area contributed by atoms with Crippen LogP contribution in [-0.2, 0) is 4.79 Å². The summed E-state index contributed by atoms with van der Waals surface area (Å²) in [5.41, 5.74) is 0. The second-order valence-electron chi connectivity index (χ2n) is 4.08. The zero-order chi connectivity index (χ0) is 10.4. The first kappa shape index (κ1) is 11.8. The van der Waals surface area contributed by atoms with Crippen molar-refractivity contribution in [2.45, 2.75) is 39.0 Å². The molecule has 3 heteroatoms. The number of amides is 1. The molecule has 1 amide bonds. The van der Waals surface area contributed by atoms with Gasteiger partial charge in [0.1, 0.15) is 0 Å². The summed E-state index contributed by atoms with van der Waals surface area (Å²) in [5.74, 6) is 1.69.